The summed E-state index contributed by atoms with van der Waals surface area (Å²) in [6, 6.07) is 0. The molecule has 61 valence electrons. The zero-order valence-corrected chi connectivity index (χ0v) is 6.75. The van der Waals surface area contributed by atoms with E-state index < -0.39 is 0 Å². The number of hydrogen-bond donors (Lipinski definition) is 0. The highest BCUT2D eigenvalue weighted by Gasteiger charge is 2.17. The summed E-state index contributed by atoms with van der Waals surface area (Å²) < 4.78 is 0. The van der Waals surface area contributed by atoms with Crippen molar-refractivity contribution in [1.82, 2.24) is 4.90 Å². The lowest BCUT2D eigenvalue weighted by Gasteiger charge is -2.27. The van der Waals surface area contributed by atoms with E-state index in [1.54, 1.807) is 0 Å². The van der Waals surface area contributed by atoms with Crippen LogP contribution in [0.4, 0.5) is 0 Å². The average Bonchev–Trinajstić information content (AvgIpc) is 2.07. The molecule has 1 aliphatic heterocycles. The number of nitrogens with zero attached hydrogens (tertiary/aromatic N) is 1. The molecule has 0 aromatic carbocycles. The number of likely N-dealkylation sites (tertiary alicyclic amines) is 1. The lowest BCUT2D eigenvalue weighted by molar-refractivity contribution is 0.227. The molecular formula is C9H14NO. The maximum Gasteiger partial charge on any atom is 0.201 e. The summed E-state index contributed by atoms with van der Waals surface area (Å²) in [6.45, 7) is 6.66. The fourth-order valence-electron chi connectivity index (χ4n) is 1.42. The topological polar surface area (TPSA) is 20.3 Å². The number of hydrogen-bond acceptors (Lipinski definition) is 2. The second kappa shape index (κ2) is 4.29. The van der Waals surface area contributed by atoms with Crippen molar-refractivity contribution < 1.29 is 4.79 Å². The van der Waals surface area contributed by atoms with Gasteiger partial charge in [0.25, 0.3) is 0 Å². The Kier molecular flexibility index (Phi) is 3.30. The molecule has 1 saturated heterocycles. The standard InChI is InChI=1S/C9H14NO/c1-2-5-10-6-3-9(8-11)4-7-10/h2,9H,1,3-7H2. The second-order valence-electron chi connectivity index (χ2n) is 2.98. The molecule has 0 bridgehead atoms. The summed E-state index contributed by atoms with van der Waals surface area (Å²) in [7, 11) is 0. The summed E-state index contributed by atoms with van der Waals surface area (Å²) in [5.74, 6) is 0.191. The first-order chi connectivity index (χ1) is 5.36. The van der Waals surface area contributed by atoms with Crippen LogP contribution in [0.1, 0.15) is 12.8 Å². The second-order valence-corrected chi connectivity index (χ2v) is 2.98. The van der Waals surface area contributed by atoms with Crippen molar-refractivity contribution in [3.8, 4) is 0 Å². The van der Waals surface area contributed by atoms with Crippen molar-refractivity contribution in [1.29, 1.82) is 0 Å². The van der Waals surface area contributed by atoms with Crippen LogP contribution in [0.2, 0.25) is 0 Å². The molecule has 1 aliphatic rings. The van der Waals surface area contributed by atoms with E-state index in [0.29, 0.717) is 0 Å². The van der Waals surface area contributed by atoms with Crippen LogP contribution in [-0.2, 0) is 4.79 Å². The predicted octanol–water partition coefficient (Wildman–Crippen LogP) is 0.994. The Labute approximate surface area is 67.9 Å². The van der Waals surface area contributed by atoms with E-state index in [-0.39, 0.29) is 5.92 Å². The monoisotopic (exact) mass is 152 g/mol. The average molecular weight is 152 g/mol. The number of piperidine rings is 1. The molecule has 1 fully saturated rings. The summed E-state index contributed by atoms with van der Waals surface area (Å²) in [6.07, 6.45) is 5.91. The molecule has 2 heteroatoms. The van der Waals surface area contributed by atoms with Crippen LogP contribution < -0.4 is 0 Å². The van der Waals surface area contributed by atoms with Crippen LogP contribution in [0.15, 0.2) is 12.7 Å². The van der Waals surface area contributed by atoms with Crippen LogP contribution in [0.3, 0.4) is 0 Å². The predicted molar refractivity (Wildman–Crippen MR) is 45.1 cm³/mol. The van der Waals surface area contributed by atoms with Gasteiger partial charge in [-0.05, 0) is 25.9 Å². The Morgan fingerprint density at radius 3 is 2.64 bits per heavy atom. The summed E-state index contributed by atoms with van der Waals surface area (Å²) in [5.41, 5.74) is 0. The van der Waals surface area contributed by atoms with Gasteiger partial charge in [0.1, 0.15) is 0 Å². The maximum absolute atomic E-state index is 10.3. The van der Waals surface area contributed by atoms with Gasteiger partial charge in [-0.15, -0.1) is 6.58 Å². The van der Waals surface area contributed by atoms with Crippen molar-refractivity contribution in [2.45, 2.75) is 12.8 Å². The van der Waals surface area contributed by atoms with Gasteiger partial charge in [-0.3, -0.25) is 9.69 Å². The molecule has 0 amide bonds. The molecule has 0 aliphatic carbocycles. The van der Waals surface area contributed by atoms with Gasteiger partial charge in [-0.2, -0.15) is 0 Å². The lowest BCUT2D eigenvalue weighted by atomic mass is 9.99. The number of rotatable bonds is 3. The molecule has 1 radical (unpaired) electrons. The van der Waals surface area contributed by atoms with Gasteiger partial charge in [0, 0.05) is 12.5 Å². The Hall–Kier alpha value is -0.630. The SMILES string of the molecule is C=CCN1CCC([C]=O)CC1. The fourth-order valence-corrected chi connectivity index (χ4v) is 1.42. The van der Waals surface area contributed by atoms with Crippen LogP contribution in [-0.4, -0.2) is 30.8 Å². The highest BCUT2D eigenvalue weighted by molar-refractivity contribution is 5.54. The highest BCUT2D eigenvalue weighted by Crippen LogP contribution is 2.13. The molecule has 1 heterocycles. The minimum absolute atomic E-state index is 0.191. The summed E-state index contributed by atoms with van der Waals surface area (Å²) >= 11 is 0. The van der Waals surface area contributed by atoms with E-state index in [2.05, 4.69) is 17.8 Å². The Bertz CT molecular complexity index is 136. The van der Waals surface area contributed by atoms with Gasteiger partial charge < -0.3 is 0 Å². The molecule has 2 nitrogen and oxygen atoms in total. The zero-order valence-electron chi connectivity index (χ0n) is 6.75. The minimum atomic E-state index is 0.191. The quantitative estimate of drug-likeness (QED) is 0.562. The van der Waals surface area contributed by atoms with Gasteiger partial charge in [0.05, 0.1) is 0 Å². The third kappa shape index (κ3) is 2.46. The van der Waals surface area contributed by atoms with E-state index >= 15 is 0 Å². The van der Waals surface area contributed by atoms with Crippen molar-refractivity contribution in [3.05, 3.63) is 12.7 Å². The number of carbonyl (C=O) groups excluding carboxylic acids is 1. The molecular weight excluding hydrogens is 138 g/mol. The van der Waals surface area contributed by atoms with E-state index in [4.69, 9.17) is 0 Å². The largest absolute Gasteiger partial charge is 0.300 e. The van der Waals surface area contributed by atoms with Crippen LogP contribution in [0, 0.1) is 5.92 Å². The van der Waals surface area contributed by atoms with E-state index in [1.165, 1.54) is 0 Å². The van der Waals surface area contributed by atoms with Crippen molar-refractivity contribution in [3.63, 3.8) is 0 Å². The van der Waals surface area contributed by atoms with Crippen molar-refractivity contribution in [2.24, 2.45) is 5.92 Å². The fraction of sp³-hybridized carbons (Fsp3) is 0.667. The van der Waals surface area contributed by atoms with Crippen LogP contribution in [0.25, 0.3) is 0 Å². The van der Waals surface area contributed by atoms with Crippen LogP contribution in [0.5, 0.6) is 0 Å². The molecule has 0 aromatic rings. The maximum atomic E-state index is 10.3. The minimum Gasteiger partial charge on any atom is -0.300 e. The highest BCUT2D eigenvalue weighted by atomic mass is 16.1. The molecule has 0 spiro atoms. The molecule has 0 saturated carbocycles. The smallest absolute Gasteiger partial charge is 0.201 e. The first-order valence-corrected chi connectivity index (χ1v) is 4.07. The van der Waals surface area contributed by atoms with Gasteiger partial charge in [0.15, 0.2) is 0 Å². The Morgan fingerprint density at radius 2 is 2.18 bits per heavy atom. The van der Waals surface area contributed by atoms with Gasteiger partial charge in [0.2, 0.25) is 6.29 Å². The molecule has 0 unspecified atom stereocenters. The normalized spacial score (nSPS) is 21.5. The summed E-state index contributed by atoms with van der Waals surface area (Å²) in [5, 5.41) is 0. The Balaban J connectivity index is 2.23. The Morgan fingerprint density at radius 1 is 1.55 bits per heavy atom. The van der Waals surface area contributed by atoms with Gasteiger partial charge in [-0.25, -0.2) is 0 Å². The molecule has 0 aromatic heterocycles. The zero-order chi connectivity index (χ0) is 8.10. The first-order valence-electron chi connectivity index (χ1n) is 4.07. The third-order valence-corrected chi connectivity index (χ3v) is 2.14. The lowest BCUT2D eigenvalue weighted by Crippen LogP contribution is -2.34. The molecule has 11 heavy (non-hydrogen) atoms. The van der Waals surface area contributed by atoms with Crippen molar-refractivity contribution in [2.75, 3.05) is 19.6 Å². The molecule has 0 N–H and O–H groups in total. The van der Waals surface area contributed by atoms with E-state index in [0.717, 1.165) is 32.5 Å². The summed E-state index contributed by atoms with van der Waals surface area (Å²) in [4.78, 5) is 12.6. The van der Waals surface area contributed by atoms with Gasteiger partial charge >= 0.3 is 0 Å². The molecule has 0 atom stereocenters. The van der Waals surface area contributed by atoms with Crippen molar-refractivity contribution >= 4 is 6.29 Å². The van der Waals surface area contributed by atoms with E-state index in [1.807, 2.05) is 6.08 Å². The third-order valence-electron chi connectivity index (χ3n) is 2.14. The molecule has 1 rings (SSSR count). The van der Waals surface area contributed by atoms with Crippen LogP contribution >= 0.6 is 0 Å². The first kappa shape index (κ1) is 8.47. The van der Waals surface area contributed by atoms with Gasteiger partial charge in [-0.1, -0.05) is 6.08 Å². The van der Waals surface area contributed by atoms with E-state index in [9.17, 15) is 4.79 Å².